The minimum absolute atomic E-state index is 0.0466. The number of ether oxygens (including phenoxy) is 1. The molecule has 6 atom stereocenters. The van der Waals surface area contributed by atoms with Gasteiger partial charge in [0.05, 0.1) is 30.1 Å². The van der Waals surface area contributed by atoms with Gasteiger partial charge in [-0.3, -0.25) is 14.4 Å². The molecule has 0 aliphatic carbocycles. The number of carbonyl (C=O) groups is 3. The summed E-state index contributed by atoms with van der Waals surface area (Å²) in [6.45, 7) is 10.7. The fraction of sp³-hybridized carbons (Fsp3) is 0.875. The van der Waals surface area contributed by atoms with Crippen LogP contribution in [-0.4, -0.2) is 70.7 Å². The van der Waals surface area contributed by atoms with Crippen LogP contribution in [0.5, 0.6) is 0 Å². The normalized spacial score (nSPS) is 34.2. The van der Waals surface area contributed by atoms with Crippen LogP contribution in [-0.2, 0) is 19.1 Å². The Balaban J connectivity index is 1.99. The Morgan fingerprint density at radius 3 is 2.41 bits per heavy atom. The molecule has 3 rings (SSSR count). The second-order valence-electron chi connectivity index (χ2n) is 10.3. The molecule has 0 radical (unpaired) electrons. The molecule has 8 nitrogen and oxygen atoms in total. The molecule has 0 aromatic rings. The molecule has 1 spiro atoms. The molecule has 3 N–H and O–H groups in total. The van der Waals surface area contributed by atoms with Crippen LogP contribution in [0.3, 0.4) is 0 Å². The minimum Gasteiger partial charge on any atom is -0.394 e. The van der Waals surface area contributed by atoms with E-state index in [1.54, 1.807) is 4.90 Å². The molecule has 32 heavy (non-hydrogen) atoms. The van der Waals surface area contributed by atoms with Crippen LogP contribution >= 0.6 is 0 Å². The van der Waals surface area contributed by atoms with E-state index < -0.39 is 35.1 Å². The zero-order valence-corrected chi connectivity index (χ0v) is 20.3. The number of nitrogens with one attached hydrogen (secondary N) is 2. The number of hydrogen-bond donors (Lipinski definition) is 3. The number of hydrogen-bond acceptors (Lipinski definition) is 5. The summed E-state index contributed by atoms with van der Waals surface area (Å²) in [5.74, 6) is -2.06. The van der Waals surface area contributed by atoms with Crippen molar-refractivity contribution in [3.8, 4) is 0 Å². The quantitative estimate of drug-likeness (QED) is 0.414. The van der Waals surface area contributed by atoms with Gasteiger partial charge in [-0.25, -0.2) is 0 Å². The molecular weight excluding hydrogens is 410 g/mol. The highest BCUT2D eigenvalue weighted by Gasteiger charge is 2.78. The van der Waals surface area contributed by atoms with Gasteiger partial charge in [0.25, 0.3) is 0 Å². The van der Waals surface area contributed by atoms with Crippen LogP contribution in [0.25, 0.3) is 0 Å². The van der Waals surface area contributed by atoms with Crippen molar-refractivity contribution in [1.29, 1.82) is 0 Å². The maximum absolute atomic E-state index is 13.9. The Morgan fingerprint density at radius 2 is 1.81 bits per heavy atom. The Kier molecular flexibility index (Phi) is 7.55. The molecular formula is C24H41N3O5. The van der Waals surface area contributed by atoms with E-state index in [0.717, 1.165) is 25.7 Å². The number of likely N-dealkylation sites (tertiary alicyclic amines) is 1. The lowest BCUT2D eigenvalue weighted by atomic mass is 9.66. The van der Waals surface area contributed by atoms with Crippen LogP contribution in [0.4, 0.5) is 0 Å². The monoisotopic (exact) mass is 451 g/mol. The fourth-order valence-corrected chi connectivity index (χ4v) is 6.08. The first-order valence-corrected chi connectivity index (χ1v) is 12.4. The summed E-state index contributed by atoms with van der Waals surface area (Å²) in [6.07, 6.45) is 4.91. The molecule has 8 heteroatoms. The summed E-state index contributed by atoms with van der Waals surface area (Å²) in [7, 11) is 0. The standard InChI is InChI=1S/C24H41N3O5/c1-6-8-9-13-26-21(30)19-24-11-10-23(5,32-24)17(20(29)25-12-7-2)18(24)22(31)27(19)16(14-28)15(3)4/h15-19,28H,6-14H2,1-5H3,(H,25,29)(H,26,30)/t16-,17-,18-,19?,23+,24?/m0/s1. The molecule has 0 saturated carbocycles. The first-order chi connectivity index (χ1) is 15.2. The van der Waals surface area contributed by atoms with Crippen molar-refractivity contribution in [3.63, 3.8) is 0 Å². The van der Waals surface area contributed by atoms with Crippen molar-refractivity contribution in [2.24, 2.45) is 17.8 Å². The van der Waals surface area contributed by atoms with E-state index in [9.17, 15) is 19.5 Å². The number of aliphatic hydroxyl groups excluding tert-OH is 1. The average molecular weight is 452 g/mol. The summed E-state index contributed by atoms with van der Waals surface area (Å²) >= 11 is 0. The third-order valence-corrected chi connectivity index (χ3v) is 7.69. The van der Waals surface area contributed by atoms with E-state index in [-0.39, 0.29) is 30.2 Å². The first-order valence-electron chi connectivity index (χ1n) is 12.4. The van der Waals surface area contributed by atoms with Crippen LogP contribution in [0.1, 0.15) is 73.1 Å². The van der Waals surface area contributed by atoms with E-state index in [2.05, 4.69) is 17.6 Å². The van der Waals surface area contributed by atoms with Crippen molar-refractivity contribution < 1.29 is 24.2 Å². The summed E-state index contributed by atoms with van der Waals surface area (Å²) in [5.41, 5.74) is -1.80. The van der Waals surface area contributed by atoms with Gasteiger partial charge in [-0.15, -0.1) is 0 Å². The maximum atomic E-state index is 13.9. The summed E-state index contributed by atoms with van der Waals surface area (Å²) < 4.78 is 6.56. The largest absolute Gasteiger partial charge is 0.394 e. The Labute approximate surface area is 191 Å². The lowest BCUT2D eigenvalue weighted by Gasteiger charge is -2.38. The maximum Gasteiger partial charge on any atom is 0.245 e. The van der Waals surface area contributed by atoms with Gasteiger partial charge in [-0.1, -0.05) is 40.5 Å². The molecule has 3 fully saturated rings. The SMILES string of the molecule is CCCCCNC(=O)C1N([C@@H](CO)C(C)C)C(=O)[C@@H]2[C@@H](C(=O)NCCC)[C@@]3(C)CCC12O3. The Hall–Kier alpha value is -1.67. The Morgan fingerprint density at radius 1 is 1.12 bits per heavy atom. The fourth-order valence-electron chi connectivity index (χ4n) is 6.08. The van der Waals surface area contributed by atoms with Gasteiger partial charge in [0.1, 0.15) is 11.6 Å². The zero-order chi connectivity index (χ0) is 23.7. The van der Waals surface area contributed by atoms with Gasteiger partial charge in [0, 0.05) is 13.1 Å². The molecule has 3 amide bonds. The van der Waals surface area contributed by atoms with E-state index in [4.69, 9.17) is 4.74 Å². The molecule has 3 aliphatic heterocycles. The zero-order valence-electron chi connectivity index (χ0n) is 20.3. The van der Waals surface area contributed by atoms with Gasteiger partial charge in [0.15, 0.2) is 0 Å². The van der Waals surface area contributed by atoms with Gasteiger partial charge in [-0.2, -0.15) is 0 Å². The predicted molar refractivity (Wildman–Crippen MR) is 121 cm³/mol. The van der Waals surface area contributed by atoms with Crippen LogP contribution in [0.15, 0.2) is 0 Å². The van der Waals surface area contributed by atoms with Gasteiger partial charge in [0.2, 0.25) is 17.7 Å². The smallest absolute Gasteiger partial charge is 0.245 e. The molecule has 0 aromatic carbocycles. The third kappa shape index (κ3) is 3.94. The molecule has 3 saturated heterocycles. The topological polar surface area (TPSA) is 108 Å². The molecule has 2 unspecified atom stereocenters. The van der Waals surface area contributed by atoms with E-state index in [1.165, 1.54) is 0 Å². The third-order valence-electron chi connectivity index (χ3n) is 7.69. The molecule has 3 heterocycles. The minimum atomic E-state index is -1.03. The molecule has 3 aliphatic rings. The second-order valence-corrected chi connectivity index (χ2v) is 10.3. The van der Waals surface area contributed by atoms with Gasteiger partial charge in [-0.05, 0) is 38.5 Å². The number of carbonyl (C=O) groups excluding carboxylic acids is 3. The first kappa shape index (κ1) is 25.0. The van der Waals surface area contributed by atoms with E-state index >= 15 is 0 Å². The highest BCUT2D eigenvalue weighted by atomic mass is 16.5. The van der Waals surface area contributed by atoms with Crippen molar-refractivity contribution in [2.45, 2.75) is 96.4 Å². The van der Waals surface area contributed by atoms with Crippen LogP contribution in [0.2, 0.25) is 0 Å². The molecule has 0 aromatic heterocycles. The van der Waals surface area contributed by atoms with Crippen molar-refractivity contribution in [2.75, 3.05) is 19.7 Å². The van der Waals surface area contributed by atoms with Crippen molar-refractivity contribution >= 4 is 17.7 Å². The summed E-state index contributed by atoms with van der Waals surface area (Å²) in [4.78, 5) is 42.1. The highest BCUT2D eigenvalue weighted by Crippen LogP contribution is 2.63. The Bertz CT molecular complexity index is 728. The van der Waals surface area contributed by atoms with E-state index in [1.807, 2.05) is 27.7 Å². The number of rotatable bonds is 11. The summed E-state index contributed by atoms with van der Waals surface area (Å²) in [6, 6.07) is -1.35. The van der Waals surface area contributed by atoms with Crippen LogP contribution in [0, 0.1) is 17.8 Å². The average Bonchev–Trinajstić information content (AvgIpc) is 3.31. The highest BCUT2D eigenvalue weighted by molar-refractivity contribution is 5.99. The van der Waals surface area contributed by atoms with Crippen molar-refractivity contribution in [3.05, 3.63) is 0 Å². The predicted octanol–water partition coefficient (Wildman–Crippen LogP) is 1.60. The molecule has 2 bridgehead atoms. The number of unbranched alkanes of at least 4 members (excludes halogenated alkanes) is 2. The van der Waals surface area contributed by atoms with Gasteiger partial charge >= 0.3 is 0 Å². The number of aliphatic hydroxyl groups is 1. The number of amides is 3. The number of fused-ring (bicyclic) bond motifs is 1. The molecule has 182 valence electrons. The second kappa shape index (κ2) is 9.67. The van der Waals surface area contributed by atoms with Gasteiger partial charge < -0.3 is 25.4 Å². The lowest BCUT2D eigenvalue weighted by Crippen LogP contribution is -2.59. The van der Waals surface area contributed by atoms with Crippen molar-refractivity contribution in [1.82, 2.24) is 15.5 Å². The van der Waals surface area contributed by atoms with E-state index in [0.29, 0.717) is 25.9 Å². The number of nitrogens with zero attached hydrogens (tertiary/aromatic N) is 1. The van der Waals surface area contributed by atoms with Crippen LogP contribution < -0.4 is 10.6 Å². The lowest BCUT2D eigenvalue weighted by molar-refractivity contribution is -0.150. The summed E-state index contributed by atoms with van der Waals surface area (Å²) in [5, 5.41) is 16.1.